The minimum Gasteiger partial charge on any atom is -0.481 e. The van der Waals surface area contributed by atoms with Crippen LogP contribution in [-0.4, -0.2) is 41.4 Å². The van der Waals surface area contributed by atoms with E-state index in [1.54, 1.807) is 0 Å². The zero-order chi connectivity index (χ0) is 22.7. The van der Waals surface area contributed by atoms with Crippen LogP contribution < -0.4 is 10.6 Å². The largest absolute Gasteiger partial charge is 0.481 e. The fraction of sp³-hybridized carbons (Fsp3) is 0.217. The van der Waals surface area contributed by atoms with Crippen molar-refractivity contribution in [3.05, 3.63) is 71.4 Å². The summed E-state index contributed by atoms with van der Waals surface area (Å²) < 4.78 is 10.4. The van der Waals surface area contributed by atoms with E-state index < -0.39 is 23.9 Å². The molecule has 1 unspecified atom stereocenters. The summed E-state index contributed by atoms with van der Waals surface area (Å²) in [6.45, 7) is 1.54. The van der Waals surface area contributed by atoms with Crippen LogP contribution in [0.4, 0.5) is 10.7 Å². The van der Waals surface area contributed by atoms with Gasteiger partial charge in [0.25, 0.3) is 5.91 Å². The third kappa shape index (κ3) is 4.31. The van der Waals surface area contributed by atoms with Crippen molar-refractivity contribution in [2.75, 3.05) is 18.5 Å². The topological polar surface area (TPSA) is 131 Å². The average molecular weight is 435 g/mol. The van der Waals surface area contributed by atoms with E-state index in [0.717, 1.165) is 22.3 Å². The Morgan fingerprint density at radius 2 is 1.72 bits per heavy atom. The molecule has 1 aliphatic rings. The number of hydrogen-bond donors (Lipinski definition) is 3. The van der Waals surface area contributed by atoms with Gasteiger partial charge >= 0.3 is 12.1 Å². The maximum Gasteiger partial charge on any atom is 0.414 e. The lowest BCUT2D eigenvalue weighted by molar-refractivity contribution is -0.140. The molecule has 1 aliphatic carbocycles. The third-order valence-corrected chi connectivity index (χ3v) is 5.30. The number of amides is 2. The molecule has 3 N–H and O–H groups in total. The second kappa shape index (κ2) is 8.93. The van der Waals surface area contributed by atoms with Crippen LogP contribution in [0.1, 0.15) is 34.5 Å². The molecule has 1 heterocycles. The predicted molar refractivity (Wildman–Crippen MR) is 114 cm³/mol. The van der Waals surface area contributed by atoms with Gasteiger partial charge in [0.2, 0.25) is 5.88 Å². The summed E-state index contributed by atoms with van der Waals surface area (Å²) in [6.07, 6.45) is -0.741. The van der Waals surface area contributed by atoms with Crippen LogP contribution >= 0.6 is 0 Å². The van der Waals surface area contributed by atoms with Gasteiger partial charge in [0, 0.05) is 18.5 Å². The van der Waals surface area contributed by atoms with E-state index in [9.17, 15) is 14.4 Å². The van der Waals surface area contributed by atoms with Crippen LogP contribution in [0.15, 0.2) is 59.1 Å². The summed E-state index contributed by atoms with van der Waals surface area (Å²) in [5, 5.41) is 17.3. The molecule has 32 heavy (non-hydrogen) atoms. The van der Waals surface area contributed by atoms with Crippen molar-refractivity contribution in [1.82, 2.24) is 10.5 Å². The first-order valence-electron chi connectivity index (χ1n) is 10.0. The molecule has 1 aromatic heterocycles. The molecule has 0 spiro atoms. The van der Waals surface area contributed by atoms with Gasteiger partial charge in [-0.15, -0.1) is 0 Å². The van der Waals surface area contributed by atoms with Crippen LogP contribution in [0, 0.1) is 5.92 Å². The van der Waals surface area contributed by atoms with Gasteiger partial charge in [0.05, 0.1) is 5.92 Å². The quantitative estimate of drug-likeness (QED) is 0.518. The van der Waals surface area contributed by atoms with Gasteiger partial charge in [0.1, 0.15) is 6.61 Å². The van der Waals surface area contributed by atoms with E-state index in [4.69, 9.17) is 14.4 Å². The minimum absolute atomic E-state index is 0.0568. The number of nitrogens with one attached hydrogen (secondary N) is 2. The number of carboxylic acid groups (broad SMARTS) is 1. The fourth-order valence-corrected chi connectivity index (χ4v) is 3.60. The van der Waals surface area contributed by atoms with Crippen LogP contribution in [0.5, 0.6) is 0 Å². The first kappa shape index (κ1) is 21.1. The molecule has 0 aliphatic heterocycles. The van der Waals surface area contributed by atoms with Crippen molar-refractivity contribution in [1.29, 1.82) is 0 Å². The molecule has 4 rings (SSSR count). The van der Waals surface area contributed by atoms with Crippen LogP contribution in [0.3, 0.4) is 0 Å². The first-order chi connectivity index (χ1) is 15.4. The molecule has 9 heteroatoms. The number of hydrogen-bond acceptors (Lipinski definition) is 6. The van der Waals surface area contributed by atoms with E-state index in [2.05, 4.69) is 15.8 Å². The second-order valence-corrected chi connectivity index (χ2v) is 7.48. The lowest BCUT2D eigenvalue weighted by atomic mass is 9.98. The van der Waals surface area contributed by atoms with Gasteiger partial charge in [-0.25, -0.2) is 4.79 Å². The van der Waals surface area contributed by atoms with E-state index >= 15 is 0 Å². The highest BCUT2D eigenvalue weighted by atomic mass is 16.6. The zero-order valence-corrected chi connectivity index (χ0v) is 17.2. The number of nitrogens with zero attached hydrogens (tertiary/aromatic N) is 1. The molecule has 0 radical (unpaired) electrons. The molecular weight excluding hydrogens is 414 g/mol. The van der Waals surface area contributed by atoms with Crippen molar-refractivity contribution in [3.63, 3.8) is 0 Å². The summed E-state index contributed by atoms with van der Waals surface area (Å²) in [5.41, 5.74) is 4.35. The van der Waals surface area contributed by atoms with Crippen molar-refractivity contribution >= 4 is 23.9 Å². The monoisotopic (exact) mass is 435 g/mol. The fourth-order valence-electron chi connectivity index (χ4n) is 3.60. The number of carbonyl (C=O) groups excluding carboxylic acids is 2. The number of aromatic nitrogens is 1. The van der Waals surface area contributed by atoms with Gasteiger partial charge in [-0.2, -0.15) is 0 Å². The molecule has 0 saturated carbocycles. The predicted octanol–water partition coefficient (Wildman–Crippen LogP) is 3.49. The number of anilines is 1. The number of rotatable bonds is 7. The van der Waals surface area contributed by atoms with Gasteiger partial charge < -0.3 is 19.7 Å². The van der Waals surface area contributed by atoms with Gasteiger partial charge in [-0.1, -0.05) is 60.6 Å². The Bertz CT molecular complexity index is 1130. The summed E-state index contributed by atoms with van der Waals surface area (Å²) in [7, 11) is 0. The standard InChI is InChI=1S/C23H21N3O6/c1-13(22(28)29)11-24-21(27)19-10-20(32-26-19)25-23(30)31-12-18-16-8-4-2-6-14(16)15-7-3-5-9-17(15)18/h2-10,13,18H,11-12H2,1H3,(H,24,27)(H,25,30)(H,28,29). The van der Waals surface area contributed by atoms with Crippen LogP contribution in [-0.2, 0) is 9.53 Å². The molecular formula is C23H21N3O6. The summed E-state index contributed by atoms with van der Waals surface area (Å²) in [6, 6.07) is 17.2. The molecule has 2 amide bonds. The summed E-state index contributed by atoms with van der Waals surface area (Å²) >= 11 is 0. The lowest BCUT2D eigenvalue weighted by Gasteiger charge is -2.13. The van der Waals surface area contributed by atoms with Crippen LogP contribution in [0.25, 0.3) is 11.1 Å². The number of benzene rings is 2. The van der Waals surface area contributed by atoms with Crippen molar-refractivity contribution in [2.24, 2.45) is 5.92 Å². The van der Waals surface area contributed by atoms with Gasteiger partial charge in [0.15, 0.2) is 5.69 Å². The van der Waals surface area contributed by atoms with Crippen molar-refractivity contribution in [3.8, 4) is 11.1 Å². The average Bonchev–Trinajstić information content (AvgIpc) is 3.38. The Labute approximate surface area is 183 Å². The third-order valence-electron chi connectivity index (χ3n) is 5.30. The van der Waals surface area contributed by atoms with Gasteiger partial charge in [-0.3, -0.25) is 14.9 Å². The minimum atomic E-state index is -1.02. The molecule has 0 fully saturated rings. The molecule has 0 bridgehead atoms. The number of aliphatic carboxylic acids is 1. The van der Waals surface area contributed by atoms with E-state index in [1.807, 2.05) is 48.5 Å². The number of ether oxygens (including phenoxy) is 1. The summed E-state index contributed by atoms with van der Waals surface area (Å²) in [5.74, 6) is -2.52. The SMILES string of the molecule is CC(CNC(=O)c1cc(NC(=O)OCC2c3ccccc3-c3ccccc32)on1)C(=O)O. The van der Waals surface area contributed by atoms with E-state index in [1.165, 1.54) is 13.0 Å². The number of fused-ring (bicyclic) bond motifs is 3. The van der Waals surface area contributed by atoms with E-state index in [-0.39, 0.29) is 30.6 Å². The molecule has 164 valence electrons. The molecule has 2 aromatic carbocycles. The number of carboxylic acids is 1. The highest BCUT2D eigenvalue weighted by Crippen LogP contribution is 2.44. The Hall–Kier alpha value is -4.14. The second-order valence-electron chi connectivity index (χ2n) is 7.48. The Morgan fingerprint density at radius 3 is 2.34 bits per heavy atom. The normalized spacial score (nSPS) is 13.0. The number of carbonyl (C=O) groups is 3. The smallest absolute Gasteiger partial charge is 0.414 e. The zero-order valence-electron chi connectivity index (χ0n) is 17.2. The maximum absolute atomic E-state index is 12.3. The highest BCUT2D eigenvalue weighted by Gasteiger charge is 2.29. The van der Waals surface area contributed by atoms with Crippen molar-refractivity contribution < 1.29 is 28.8 Å². The molecule has 1 atom stereocenters. The Morgan fingerprint density at radius 1 is 1.09 bits per heavy atom. The maximum atomic E-state index is 12.3. The highest BCUT2D eigenvalue weighted by molar-refractivity contribution is 5.94. The first-order valence-corrected chi connectivity index (χ1v) is 10.0. The lowest BCUT2D eigenvalue weighted by Crippen LogP contribution is -2.31. The molecule has 0 saturated heterocycles. The summed E-state index contributed by atoms with van der Waals surface area (Å²) in [4.78, 5) is 35.1. The van der Waals surface area contributed by atoms with E-state index in [0.29, 0.717) is 0 Å². The van der Waals surface area contributed by atoms with Gasteiger partial charge in [-0.05, 0) is 22.3 Å². The molecule has 3 aromatic rings. The van der Waals surface area contributed by atoms with Crippen LogP contribution in [0.2, 0.25) is 0 Å². The van der Waals surface area contributed by atoms with Crippen molar-refractivity contribution in [2.45, 2.75) is 12.8 Å². The molecule has 9 nitrogen and oxygen atoms in total. The Balaban J connectivity index is 1.34. The Kier molecular flexibility index (Phi) is 5.89.